The van der Waals surface area contributed by atoms with E-state index in [1.165, 1.54) is 5.56 Å². The molecule has 2 rings (SSSR count). The van der Waals surface area contributed by atoms with Crippen LogP contribution >= 0.6 is 23.8 Å². The van der Waals surface area contributed by atoms with Crippen LogP contribution in [0.25, 0.3) is 0 Å². The van der Waals surface area contributed by atoms with Gasteiger partial charge in [0.05, 0.1) is 13.1 Å². The summed E-state index contributed by atoms with van der Waals surface area (Å²) >= 11 is 11.4. The molecule has 0 radical (unpaired) electrons. The Morgan fingerprint density at radius 3 is 2.60 bits per heavy atom. The second kappa shape index (κ2) is 3.58. The topological polar surface area (TPSA) is 12.0 Å². The summed E-state index contributed by atoms with van der Waals surface area (Å²) in [6.07, 6.45) is 0. The van der Waals surface area contributed by atoms with Gasteiger partial charge in [0.15, 0.2) is 0 Å². The van der Waals surface area contributed by atoms with Gasteiger partial charge in [0.1, 0.15) is 0 Å². The van der Waals surface area contributed by atoms with E-state index >= 15 is 0 Å². The highest BCUT2D eigenvalue weighted by Gasteiger charge is 2.37. The lowest BCUT2D eigenvalue weighted by Crippen LogP contribution is -2.34. The molecule has 15 heavy (non-hydrogen) atoms. The second-order valence-electron chi connectivity index (χ2n) is 5.02. The molecule has 80 valence electrons. The summed E-state index contributed by atoms with van der Waals surface area (Å²) in [5.41, 5.74) is 2.82. The first-order chi connectivity index (χ1) is 6.89. The van der Waals surface area contributed by atoms with Gasteiger partial charge < -0.3 is 5.32 Å². The lowest BCUT2D eigenvalue weighted by molar-refractivity contribution is 1.26. The number of thiocarbonyl (C=S) groups is 1. The molecule has 0 aliphatic carbocycles. The van der Waals surface area contributed by atoms with E-state index in [1.54, 1.807) is 0 Å². The van der Waals surface area contributed by atoms with Crippen LogP contribution in [-0.2, 0) is 0 Å². The Labute approximate surface area is 102 Å². The highest BCUT2D eigenvalue weighted by atomic mass is 35.5. The zero-order valence-electron chi connectivity index (χ0n) is 9.10. The van der Waals surface area contributed by atoms with E-state index in [1.807, 2.05) is 18.2 Å². The zero-order chi connectivity index (χ0) is 11.2. The first kappa shape index (κ1) is 11.1. The van der Waals surface area contributed by atoms with Gasteiger partial charge in [-0.1, -0.05) is 43.5 Å². The van der Waals surface area contributed by atoms with Crippen molar-refractivity contribution in [3.63, 3.8) is 0 Å². The van der Waals surface area contributed by atoms with Crippen molar-refractivity contribution < 1.29 is 0 Å². The SMILES string of the molecule is C[Si](C)(C)C1C(=S)Nc2ccc(Cl)cc21. The molecule has 1 aromatic carbocycles. The van der Waals surface area contributed by atoms with Gasteiger partial charge >= 0.3 is 0 Å². The average molecular weight is 256 g/mol. The molecule has 1 aliphatic rings. The van der Waals surface area contributed by atoms with E-state index in [0.717, 1.165) is 15.7 Å². The van der Waals surface area contributed by atoms with Gasteiger partial charge in [-0.05, 0) is 23.8 Å². The molecule has 0 fully saturated rings. The summed E-state index contributed by atoms with van der Waals surface area (Å²) in [4.78, 5) is 0.964. The van der Waals surface area contributed by atoms with Crippen molar-refractivity contribution in [2.75, 3.05) is 5.32 Å². The molecule has 1 aliphatic heterocycles. The van der Waals surface area contributed by atoms with Gasteiger partial charge in [-0.25, -0.2) is 0 Å². The van der Waals surface area contributed by atoms with Crippen LogP contribution in [0, 0.1) is 0 Å². The van der Waals surface area contributed by atoms with Crippen molar-refractivity contribution in [2.24, 2.45) is 0 Å². The van der Waals surface area contributed by atoms with E-state index in [0.29, 0.717) is 5.54 Å². The summed E-state index contributed by atoms with van der Waals surface area (Å²) in [5.74, 6) is 0. The van der Waals surface area contributed by atoms with Gasteiger partial charge in [-0.2, -0.15) is 0 Å². The first-order valence-corrected chi connectivity index (χ1v) is 9.36. The quantitative estimate of drug-likeness (QED) is 0.600. The van der Waals surface area contributed by atoms with Crippen molar-refractivity contribution >= 4 is 42.6 Å². The molecule has 1 nitrogen and oxygen atoms in total. The molecule has 0 spiro atoms. The van der Waals surface area contributed by atoms with Crippen LogP contribution in [-0.4, -0.2) is 13.1 Å². The number of benzene rings is 1. The average Bonchev–Trinajstić information content (AvgIpc) is 2.38. The Morgan fingerprint density at radius 1 is 1.33 bits per heavy atom. The fourth-order valence-corrected chi connectivity index (χ4v) is 5.60. The molecule has 1 unspecified atom stereocenters. The van der Waals surface area contributed by atoms with E-state index in [-0.39, 0.29) is 0 Å². The normalized spacial score (nSPS) is 20.0. The molecule has 0 aromatic heterocycles. The Bertz CT molecular complexity index is 425. The lowest BCUT2D eigenvalue weighted by atomic mass is 10.1. The van der Waals surface area contributed by atoms with Crippen molar-refractivity contribution in [3.8, 4) is 0 Å². The molecular formula is C11H14ClNSSi. The minimum absolute atomic E-state index is 0.404. The highest BCUT2D eigenvalue weighted by molar-refractivity contribution is 7.81. The standard InChI is InChI=1S/C11H14ClNSSi/c1-15(2,3)10-8-6-7(12)4-5-9(8)13-11(10)14/h4-6,10H,1-3H3,(H,13,14). The molecule has 0 saturated heterocycles. The number of hydrogen-bond acceptors (Lipinski definition) is 1. The van der Waals surface area contributed by atoms with Crippen LogP contribution in [0.15, 0.2) is 18.2 Å². The molecular weight excluding hydrogens is 242 g/mol. The molecule has 0 bridgehead atoms. The number of anilines is 1. The molecule has 1 atom stereocenters. The molecule has 1 heterocycles. The van der Waals surface area contributed by atoms with E-state index in [2.05, 4.69) is 25.0 Å². The summed E-state index contributed by atoms with van der Waals surface area (Å²) in [6.45, 7) is 7.00. The van der Waals surface area contributed by atoms with E-state index < -0.39 is 8.07 Å². The number of rotatable bonds is 1. The second-order valence-corrected chi connectivity index (χ2v) is 11.2. The fourth-order valence-electron chi connectivity index (χ4n) is 2.09. The lowest BCUT2D eigenvalue weighted by Gasteiger charge is -2.24. The third kappa shape index (κ3) is 1.96. The summed E-state index contributed by atoms with van der Waals surface area (Å²) < 4.78 is 0. The Hall–Kier alpha value is -0.383. The number of halogens is 1. The maximum Gasteiger partial charge on any atom is 0.0846 e. The van der Waals surface area contributed by atoms with Crippen LogP contribution in [0.2, 0.25) is 24.7 Å². The van der Waals surface area contributed by atoms with Gasteiger partial charge in [-0.3, -0.25) is 0 Å². The molecule has 4 heteroatoms. The van der Waals surface area contributed by atoms with Crippen molar-refractivity contribution in [2.45, 2.75) is 25.2 Å². The smallest absolute Gasteiger partial charge is 0.0846 e. The van der Waals surface area contributed by atoms with Crippen molar-refractivity contribution in [1.82, 2.24) is 0 Å². The van der Waals surface area contributed by atoms with E-state index in [4.69, 9.17) is 23.8 Å². The van der Waals surface area contributed by atoms with Gasteiger partial charge in [-0.15, -0.1) is 0 Å². The monoisotopic (exact) mass is 255 g/mol. The van der Waals surface area contributed by atoms with Gasteiger partial charge in [0.2, 0.25) is 0 Å². The van der Waals surface area contributed by atoms with Gasteiger partial charge in [0.25, 0.3) is 0 Å². The summed E-state index contributed by atoms with van der Waals surface area (Å²) in [7, 11) is -1.32. The number of fused-ring (bicyclic) bond motifs is 1. The highest BCUT2D eigenvalue weighted by Crippen LogP contribution is 2.40. The molecule has 0 saturated carbocycles. The molecule has 0 amide bonds. The minimum atomic E-state index is -1.32. The zero-order valence-corrected chi connectivity index (χ0v) is 11.7. The third-order valence-electron chi connectivity index (χ3n) is 2.71. The van der Waals surface area contributed by atoms with Crippen LogP contribution in [0.3, 0.4) is 0 Å². The maximum absolute atomic E-state index is 6.03. The van der Waals surface area contributed by atoms with Crippen LogP contribution < -0.4 is 5.32 Å². The molecule has 1 N–H and O–H groups in total. The van der Waals surface area contributed by atoms with Crippen LogP contribution in [0.4, 0.5) is 5.69 Å². The Kier molecular flexibility index (Phi) is 2.65. The summed E-state index contributed by atoms with van der Waals surface area (Å²) in [5, 5.41) is 4.08. The largest absolute Gasteiger partial charge is 0.350 e. The predicted molar refractivity (Wildman–Crippen MR) is 73.8 cm³/mol. The fraction of sp³-hybridized carbons (Fsp3) is 0.364. The maximum atomic E-state index is 6.03. The predicted octanol–water partition coefficient (Wildman–Crippen LogP) is 4.05. The minimum Gasteiger partial charge on any atom is -0.350 e. The first-order valence-electron chi connectivity index (χ1n) is 5.00. The molecule has 1 aromatic rings. The Balaban J connectivity index is 2.53. The van der Waals surface area contributed by atoms with Crippen molar-refractivity contribution in [1.29, 1.82) is 0 Å². The van der Waals surface area contributed by atoms with E-state index in [9.17, 15) is 0 Å². The van der Waals surface area contributed by atoms with Crippen molar-refractivity contribution in [3.05, 3.63) is 28.8 Å². The number of nitrogens with one attached hydrogen (secondary N) is 1. The van der Waals surface area contributed by atoms with Crippen LogP contribution in [0.1, 0.15) is 11.1 Å². The Morgan fingerprint density at radius 2 is 2.00 bits per heavy atom. The third-order valence-corrected chi connectivity index (χ3v) is 5.82. The van der Waals surface area contributed by atoms with Crippen LogP contribution in [0.5, 0.6) is 0 Å². The summed E-state index contributed by atoms with van der Waals surface area (Å²) in [6, 6.07) is 5.97. The van der Waals surface area contributed by atoms with Gasteiger partial charge in [0, 0.05) is 16.3 Å². The number of hydrogen-bond donors (Lipinski definition) is 1.